The quantitative estimate of drug-likeness (QED) is 0.156. The third kappa shape index (κ3) is 8.82. The van der Waals surface area contributed by atoms with Gasteiger partial charge in [0.25, 0.3) is 10.0 Å². The van der Waals surface area contributed by atoms with E-state index in [4.69, 9.17) is 34.8 Å². The number of rotatable bonds is 13. The van der Waals surface area contributed by atoms with E-state index in [1.807, 2.05) is 44.2 Å². The lowest BCUT2D eigenvalue weighted by atomic mass is 10.0. The number of benzene rings is 4. The summed E-state index contributed by atoms with van der Waals surface area (Å²) in [6.07, 6.45) is 0.895. The molecule has 0 aliphatic heterocycles. The highest BCUT2D eigenvalue weighted by molar-refractivity contribution is 7.92. The first-order valence-electron chi connectivity index (χ1n) is 14.8. The van der Waals surface area contributed by atoms with Gasteiger partial charge in [-0.05, 0) is 73.4 Å². The highest BCUT2D eigenvalue weighted by Crippen LogP contribution is 2.30. The maximum atomic E-state index is 14.5. The van der Waals surface area contributed by atoms with E-state index >= 15 is 0 Å². The molecule has 4 aromatic rings. The summed E-state index contributed by atoms with van der Waals surface area (Å²) in [5.41, 5.74) is 3.31. The molecule has 0 aromatic heterocycles. The van der Waals surface area contributed by atoms with Gasteiger partial charge < -0.3 is 10.2 Å². The molecule has 0 aliphatic rings. The standard InChI is InChI=1S/C35H36Cl3N3O4S/c1-4-18-39-35(43)33(20-26-8-6-5-7-9-26)40(22-27-13-17-30(36)32(38)19-27)34(42)23-41(28-14-12-25(3)31(37)21-28)46(44,45)29-15-10-24(2)11-16-29/h5-17,19,21,33H,4,18,20,22-23H2,1-3H3,(H,39,43). The van der Waals surface area contributed by atoms with Gasteiger partial charge in [-0.2, -0.15) is 0 Å². The number of carbonyl (C=O) groups excluding carboxylic acids is 2. The third-order valence-corrected chi connectivity index (χ3v) is 10.4. The van der Waals surface area contributed by atoms with E-state index in [9.17, 15) is 18.0 Å². The molecule has 1 N–H and O–H groups in total. The molecule has 0 saturated heterocycles. The van der Waals surface area contributed by atoms with Crippen molar-refractivity contribution in [2.24, 2.45) is 0 Å². The number of hydrogen-bond donors (Lipinski definition) is 1. The summed E-state index contributed by atoms with van der Waals surface area (Å²) in [6.45, 7) is 5.39. The molecular weight excluding hydrogens is 665 g/mol. The van der Waals surface area contributed by atoms with Crippen LogP contribution in [0.1, 0.15) is 35.6 Å². The first-order valence-corrected chi connectivity index (χ1v) is 17.4. The molecule has 46 heavy (non-hydrogen) atoms. The van der Waals surface area contributed by atoms with Crippen molar-refractivity contribution in [3.8, 4) is 0 Å². The number of halogens is 3. The Morgan fingerprint density at radius 2 is 1.50 bits per heavy atom. The fourth-order valence-corrected chi connectivity index (χ4v) is 6.76. The van der Waals surface area contributed by atoms with Crippen molar-refractivity contribution in [1.29, 1.82) is 0 Å². The van der Waals surface area contributed by atoms with Crippen LogP contribution >= 0.6 is 34.8 Å². The topological polar surface area (TPSA) is 86.8 Å². The van der Waals surface area contributed by atoms with E-state index in [1.54, 1.807) is 49.4 Å². The molecule has 0 fully saturated rings. The number of amides is 2. The van der Waals surface area contributed by atoms with E-state index in [-0.39, 0.29) is 29.5 Å². The number of nitrogens with zero attached hydrogens (tertiary/aromatic N) is 2. The molecule has 0 spiro atoms. The van der Waals surface area contributed by atoms with Crippen molar-refractivity contribution in [2.45, 2.75) is 51.1 Å². The molecule has 1 atom stereocenters. The van der Waals surface area contributed by atoms with E-state index < -0.39 is 28.5 Å². The molecule has 0 aliphatic carbocycles. The van der Waals surface area contributed by atoms with Crippen molar-refractivity contribution in [3.63, 3.8) is 0 Å². The van der Waals surface area contributed by atoms with Gasteiger partial charge in [-0.15, -0.1) is 0 Å². The fraction of sp³-hybridized carbons (Fsp3) is 0.257. The molecule has 7 nitrogen and oxygen atoms in total. The highest BCUT2D eigenvalue weighted by Gasteiger charge is 2.34. The van der Waals surface area contributed by atoms with Gasteiger partial charge in [0.1, 0.15) is 12.6 Å². The molecule has 4 rings (SSSR count). The zero-order valence-corrected chi connectivity index (χ0v) is 28.9. The van der Waals surface area contributed by atoms with Crippen molar-refractivity contribution >= 4 is 62.3 Å². The summed E-state index contributed by atoms with van der Waals surface area (Å²) in [7, 11) is -4.25. The molecule has 2 amide bonds. The average Bonchev–Trinajstić information content (AvgIpc) is 3.04. The van der Waals surface area contributed by atoms with Crippen LogP contribution in [0.25, 0.3) is 0 Å². The summed E-state index contributed by atoms with van der Waals surface area (Å²) in [4.78, 5) is 29.7. The minimum absolute atomic E-state index is 0.0140. The molecule has 242 valence electrons. The monoisotopic (exact) mass is 699 g/mol. The summed E-state index contributed by atoms with van der Waals surface area (Å²) in [5.74, 6) is -0.948. The van der Waals surface area contributed by atoms with Gasteiger partial charge in [-0.3, -0.25) is 13.9 Å². The first kappa shape index (κ1) is 35.3. The SMILES string of the molecule is CCCNC(=O)C(Cc1ccccc1)N(Cc1ccc(Cl)c(Cl)c1)C(=O)CN(c1ccc(C)c(Cl)c1)S(=O)(=O)c1ccc(C)cc1. The van der Waals surface area contributed by atoms with Gasteiger partial charge in [0.15, 0.2) is 0 Å². The predicted octanol–water partition coefficient (Wildman–Crippen LogP) is 7.63. The summed E-state index contributed by atoms with van der Waals surface area (Å²) in [6, 6.07) is 24.6. The van der Waals surface area contributed by atoms with Crippen molar-refractivity contribution < 1.29 is 18.0 Å². The van der Waals surface area contributed by atoms with Crippen LogP contribution < -0.4 is 9.62 Å². The van der Waals surface area contributed by atoms with Gasteiger partial charge >= 0.3 is 0 Å². The van der Waals surface area contributed by atoms with Gasteiger partial charge in [-0.25, -0.2) is 8.42 Å². The molecule has 4 aromatic carbocycles. The van der Waals surface area contributed by atoms with Crippen molar-refractivity contribution in [3.05, 3.63) is 128 Å². The van der Waals surface area contributed by atoms with Crippen LogP contribution in [0.2, 0.25) is 15.1 Å². The van der Waals surface area contributed by atoms with Crippen LogP contribution in [0.3, 0.4) is 0 Å². The van der Waals surface area contributed by atoms with Crippen molar-refractivity contribution in [1.82, 2.24) is 10.2 Å². The van der Waals surface area contributed by atoms with Crippen LogP contribution in [0.4, 0.5) is 5.69 Å². The lowest BCUT2D eigenvalue weighted by Gasteiger charge is -2.34. The van der Waals surface area contributed by atoms with Gasteiger partial charge in [-0.1, -0.05) is 102 Å². The Morgan fingerprint density at radius 3 is 2.13 bits per heavy atom. The van der Waals surface area contributed by atoms with Gasteiger partial charge in [0.05, 0.1) is 20.6 Å². The molecule has 11 heteroatoms. The van der Waals surface area contributed by atoms with E-state index in [2.05, 4.69) is 5.32 Å². The number of sulfonamides is 1. The Hall–Kier alpha value is -3.56. The van der Waals surface area contributed by atoms with Crippen LogP contribution in [0.15, 0.2) is 95.9 Å². The Morgan fingerprint density at radius 1 is 0.804 bits per heavy atom. The third-order valence-electron chi connectivity index (χ3n) is 7.49. The van der Waals surface area contributed by atoms with Gasteiger partial charge in [0, 0.05) is 24.5 Å². The number of hydrogen-bond acceptors (Lipinski definition) is 4. The average molecular weight is 701 g/mol. The number of nitrogens with one attached hydrogen (secondary N) is 1. The van der Waals surface area contributed by atoms with E-state index in [0.29, 0.717) is 33.6 Å². The minimum Gasteiger partial charge on any atom is -0.354 e. The second-order valence-corrected chi connectivity index (χ2v) is 14.1. The molecule has 0 bridgehead atoms. The second kappa shape index (κ2) is 15.8. The smallest absolute Gasteiger partial charge is 0.264 e. The minimum atomic E-state index is -4.25. The largest absolute Gasteiger partial charge is 0.354 e. The Kier molecular flexibility index (Phi) is 12.1. The second-order valence-electron chi connectivity index (χ2n) is 11.0. The fourth-order valence-electron chi connectivity index (χ4n) is 4.86. The maximum absolute atomic E-state index is 14.5. The van der Waals surface area contributed by atoms with Crippen LogP contribution in [0.5, 0.6) is 0 Å². The number of aryl methyl sites for hydroxylation is 2. The van der Waals surface area contributed by atoms with Crippen LogP contribution in [0, 0.1) is 13.8 Å². The summed E-state index contributed by atoms with van der Waals surface area (Å²) in [5, 5.41) is 3.91. The lowest BCUT2D eigenvalue weighted by Crippen LogP contribution is -2.53. The van der Waals surface area contributed by atoms with E-state index in [0.717, 1.165) is 21.0 Å². The highest BCUT2D eigenvalue weighted by atomic mass is 35.5. The molecular formula is C35H36Cl3N3O4S. The maximum Gasteiger partial charge on any atom is 0.264 e. The predicted molar refractivity (Wildman–Crippen MR) is 186 cm³/mol. The normalized spacial score (nSPS) is 12.0. The summed E-state index contributed by atoms with van der Waals surface area (Å²) >= 11 is 19.0. The molecule has 0 heterocycles. The lowest BCUT2D eigenvalue weighted by molar-refractivity contribution is -0.140. The van der Waals surface area contributed by atoms with Gasteiger partial charge in [0.2, 0.25) is 11.8 Å². The molecule has 0 saturated carbocycles. The molecule has 0 radical (unpaired) electrons. The first-order chi connectivity index (χ1) is 21.9. The number of anilines is 1. The Labute approximate surface area is 286 Å². The number of carbonyl (C=O) groups is 2. The van der Waals surface area contributed by atoms with Crippen LogP contribution in [-0.2, 0) is 32.6 Å². The zero-order valence-electron chi connectivity index (χ0n) is 25.8. The molecule has 1 unspecified atom stereocenters. The van der Waals surface area contributed by atoms with Crippen LogP contribution in [-0.4, -0.2) is 44.3 Å². The summed E-state index contributed by atoms with van der Waals surface area (Å²) < 4.78 is 29.4. The van der Waals surface area contributed by atoms with E-state index in [1.165, 1.54) is 23.1 Å². The zero-order chi connectivity index (χ0) is 33.4. The van der Waals surface area contributed by atoms with Crippen molar-refractivity contribution in [2.75, 3.05) is 17.4 Å². The Balaban J connectivity index is 1.82. The Bertz CT molecular complexity index is 1790.